The van der Waals surface area contributed by atoms with E-state index in [4.69, 9.17) is 23.2 Å². The number of aromatic nitrogens is 2. The van der Waals surface area contributed by atoms with E-state index in [0.29, 0.717) is 5.13 Å². The Morgan fingerprint density at radius 2 is 1.72 bits per heavy atom. The van der Waals surface area contributed by atoms with Gasteiger partial charge in [-0.15, -0.1) is 10.2 Å². The molecule has 2 aromatic rings. The molecule has 7 nitrogen and oxygen atoms in total. The van der Waals surface area contributed by atoms with Crippen LogP contribution in [-0.2, 0) is 4.79 Å². The fourth-order valence-corrected chi connectivity index (χ4v) is 3.34. The van der Waals surface area contributed by atoms with E-state index in [1.807, 2.05) is 13.8 Å². The zero-order chi connectivity index (χ0) is 18.3. The van der Waals surface area contributed by atoms with Gasteiger partial charge >= 0.3 is 0 Å². The number of carbonyl (C=O) groups is 3. The third-order valence-corrected chi connectivity index (χ3v) is 5.36. The van der Waals surface area contributed by atoms with Crippen LogP contribution in [0.4, 0.5) is 5.13 Å². The molecule has 25 heavy (non-hydrogen) atoms. The fraction of sp³-hybridized carbons (Fsp3) is 0.267. The minimum atomic E-state index is -0.589. The topological polar surface area (TPSA) is 92.3 Å². The summed E-state index contributed by atoms with van der Waals surface area (Å²) < 4.78 is 0. The zero-order valence-electron chi connectivity index (χ0n) is 13.2. The molecule has 3 amide bonds. The molecule has 0 radical (unpaired) electrons. The number of halogens is 2. The van der Waals surface area contributed by atoms with Gasteiger partial charge in [0.25, 0.3) is 11.8 Å². The Bertz CT molecular complexity index is 856. The summed E-state index contributed by atoms with van der Waals surface area (Å²) in [6.07, 6.45) is 0. The van der Waals surface area contributed by atoms with Gasteiger partial charge in [-0.1, -0.05) is 48.4 Å². The summed E-state index contributed by atoms with van der Waals surface area (Å²) >= 11 is 13.0. The molecule has 3 rings (SSSR count). The van der Waals surface area contributed by atoms with E-state index in [0.717, 1.165) is 9.91 Å². The van der Waals surface area contributed by atoms with E-state index in [1.54, 1.807) is 0 Å². The highest BCUT2D eigenvalue weighted by Gasteiger charge is 2.37. The number of benzene rings is 1. The number of hydrogen-bond acceptors (Lipinski definition) is 6. The largest absolute Gasteiger partial charge is 0.299 e. The first-order chi connectivity index (χ1) is 11.8. The van der Waals surface area contributed by atoms with Gasteiger partial charge < -0.3 is 0 Å². The van der Waals surface area contributed by atoms with Crippen molar-refractivity contribution in [1.29, 1.82) is 0 Å². The van der Waals surface area contributed by atoms with Crippen LogP contribution >= 0.6 is 34.5 Å². The molecule has 0 aliphatic carbocycles. The molecule has 0 saturated heterocycles. The summed E-state index contributed by atoms with van der Waals surface area (Å²) in [5.74, 6) is -1.53. The summed E-state index contributed by atoms with van der Waals surface area (Å²) in [6, 6.07) is 2.66. The maximum atomic E-state index is 12.4. The second-order valence-corrected chi connectivity index (χ2v) is 7.48. The molecule has 0 spiro atoms. The number of imide groups is 1. The van der Waals surface area contributed by atoms with Crippen molar-refractivity contribution in [3.8, 4) is 0 Å². The molecule has 130 valence electrons. The molecule has 0 unspecified atom stereocenters. The number of anilines is 1. The number of rotatable bonds is 4. The minimum Gasteiger partial charge on any atom is -0.299 e. The molecule has 1 aliphatic rings. The zero-order valence-corrected chi connectivity index (χ0v) is 15.5. The van der Waals surface area contributed by atoms with Gasteiger partial charge in [-0.05, 0) is 12.1 Å². The third-order valence-electron chi connectivity index (χ3n) is 3.49. The molecule has 1 aromatic heterocycles. The first kappa shape index (κ1) is 17.8. The average molecular weight is 399 g/mol. The number of amides is 3. The number of hydrogen-bond donors (Lipinski definition) is 1. The van der Waals surface area contributed by atoms with Crippen LogP contribution in [0, 0.1) is 0 Å². The summed E-state index contributed by atoms with van der Waals surface area (Å²) in [6.45, 7) is 3.49. The van der Waals surface area contributed by atoms with E-state index >= 15 is 0 Å². The van der Waals surface area contributed by atoms with Crippen LogP contribution < -0.4 is 5.32 Å². The standard InChI is InChI=1S/C15H12Cl2N4O3S/c1-6(2)12-19-20-15(25-12)18-11(22)5-21-13(23)7-3-9(16)10(17)4-8(7)14(21)24/h3-4,6H,5H2,1-2H3,(H,18,20,22). The highest BCUT2D eigenvalue weighted by atomic mass is 35.5. The van der Waals surface area contributed by atoms with Crippen molar-refractivity contribution in [2.75, 3.05) is 11.9 Å². The summed E-state index contributed by atoms with van der Waals surface area (Å²) in [4.78, 5) is 37.7. The van der Waals surface area contributed by atoms with E-state index in [2.05, 4.69) is 15.5 Å². The minimum absolute atomic E-state index is 0.130. The predicted octanol–water partition coefficient (Wildman–Crippen LogP) is 3.20. The summed E-state index contributed by atoms with van der Waals surface area (Å²) in [7, 11) is 0. The molecule has 0 saturated carbocycles. The smallest absolute Gasteiger partial charge is 0.262 e. The van der Waals surface area contributed by atoms with E-state index < -0.39 is 24.3 Å². The van der Waals surface area contributed by atoms with Crippen LogP contribution in [0.5, 0.6) is 0 Å². The van der Waals surface area contributed by atoms with Crippen LogP contribution in [0.1, 0.15) is 45.5 Å². The lowest BCUT2D eigenvalue weighted by Gasteiger charge is -2.12. The lowest BCUT2D eigenvalue weighted by Crippen LogP contribution is -2.37. The highest BCUT2D eigenvalue weighted by Crippen LogP contribution is 2.31. The van der Waals surface area contributed by atoms with Crippen LogP contribution in [0.15, 0.2) is 12.1 Å². The van der Waals surface area contributed by atoms with Crippen LogP contribution in [0.25, 0.3) is 0 Å². The van der Waals surface area contributed by atoms with Gasteiger partial charge in [-0.2, -0.15) is 0 Å². The predicted molar refractivity (Wildman–Crippen MR) is 94.5 cm³/mol. The molecule has 0 atom stereocenters. The number of nitrogens with one attached hydrogen (secondary N) is 1. The Kier molecular flexibility index (Phi) is 4.77. The lowest BCUT2D eigenvalue weighted by molar-refractivity contribution is -0.116. The quantitative estimate of drug-likeness (QED) is 0.798. The number of carbonyl (C=O) groups excluding carboxylic acids is 3. The van der Waals surface area contributed by atoms with Gasteiger partial charge in [0.2, 0.25) is 11.0 Å². The van der Waals surface area contributed by atoms with Crippen molar-refractivity contribution in [1.82, 2.24) is 15.1 Å². The molecular weight excluding hydrogens is 387 g/mol. The fourth-order valence-electron chi connectivity index (χ4n) is 2.25. The van der Waals surface area contributed by atoms with E-state index in [1.165, 1.54) is 23.5 Å². The number of nitrogens with zero attached hydrogens (tertiary/aromatic N) is 3. The molecular formula is C15H12Cl2N4O3S. The second-order valence-electron chi connectivity index (χ2n) is 5.66. The van der Waals surface area contributed by atoms with Gasteiger partial charge in [-0.25, -0.2) is 0 Å². The van der Waals surface area contributed by atoms with Gasteiger partial charge in [0.1, 0.15) is 11.6 Å². The normalized spacial score (nSPS) is 13.6. The molecule has 1 aromatic carbocycles. The monoisotopic (exact) mass is 398 g/mol. The molecule has 1 N–H and O–H groups in total. The molecule has 2 heterocycles. The van der Waals surface area contributed by atoms with Crippen molar-refractivity contribution >= 4 is 57.4 Å². The van der Waals surface area contributed by atoms with Gasteiger partial charge in [0, 0.05) is 5.92 Å². The van der Waals surface area contributed by atoms with Crippen molar-refractivity contribution in [2.24, 2.45) is 0 Å². The van der Waals surface area contributed by atoms with Crippen LogP contribution in [0.2, 0.25) is 10.0 Å². The first-order valence-electron chi connectivity index (χ1n) is 7.26. The molecule has 10 heteroatoms. The lowest BCUT2D eigenvalue weighted by atomic mass is 10.1. The molecule has 0 fully saturated rings. The third kappa shape index (κ3) is 3.37. The van der Waals surface area contributed by atoms with Crippen LogP contribution in [0.3, 0.4) is 0 Å². The Hall–Kier alpha value is -2.03. The van der Waals surface area contributed by atoms with Crippen LogP contribution in [-0.4, -0.2) is 39.4 Å². The summed E-state index contributed by atoms with van der Waals surface area (Å²) in [5, 5.41) is 11.8. The Labute approximate surface area is 156 Å². The maximum absolute atomic E-state index is 12.4. The summed E-state index contributed by atoms with van der Waals surface area (Å²) in [5.41, 5.74) is 0.260. The first-order valence-corrected chi connectivity index (χ1v) is 8.83. The van der Waals surface area contributed by atoms with Gasteiger partial charge in [0.15, 0.2) is 0 Å². The van der Waals surface area contributed by atoms with Crippen molar-refractivity contribution in [3.63, 3.8) is 0 Å². The van der Waals surface area contributed by atoms with E-state index in [-0.39, 0.29) is 27.1 Å². The Morgan fingerprint density at radius 1 is 1.16 bits per heavy atom. The van der Waals surface area contributed by atoms with Crippen molar-refractivity contribution < 1.29 is 14.4 Å². The second kappa shape index (κ2) is 6.70. The average Bonchev–Trinajstić information content (AvgIpc) is 3.09. The molecule has 0 bridgehead atoms. The molecule has 1 aliphatic heterocycles. The van der Waals surface area contributed by atoms with E-state index in [9.17, 15) is 14.4 Å². The Morgan fingerprint density at radius 3 is 2.20 bits per heavy atom. The van der Waals surface area contributed by atoms with Crippen molar-refractivity contribution in [2.45, 2.75) is 19.8 Å². The van der Waals surface area contributed by atoms with Crippen molar-refractivity contribution in [3.05, 3.63) is 38.3 Å². The van der Waals surface area contributed by atoms with Gasteiger partial charge in [0.05, 0.1) is 21.2 Å². The highest BCUT2D eigenvalue weighted by molar-refractivity contribution is 7.15. The number of fused-ring (bicyclic) bond motifs is 1. The van der Waals surface area contributed by atoms with Gasteiger partial charge in [-0.3, -0.25) is 24.6 Å². The maximum Gasteiger partial charge on any atom is 0.262 e. The Balaban J connectivity index is 1.73. The SMILES string of the molecule is CC(C)c1nnc(NC(=O)CN2C(=O)c3cc(Cl)c(Cl)cc3C2=O)s1.